The zero-order chi connectivity index (χ0) is 12.8. The molecule has 0 fully saturated rings. The fourth-order valence-electron chi connectivity index (χ4n) is 1.48. The van der Waals surface area contributed by atoms with Crippen LogP contribution < -0.4 is 11.1 Å². The summed E-state index contributed by atoms with van der Waals surface area (Å²) in [5, 5.41) is 3.49. The van der Waals surface area contributed by atoms with E-state index < -0.39 is 0 Å². The van der Waals surface area contributed by atoms with Crippen LogP contribution in [0.3, 0.4) is 0 Å². The molecule has 0 unspecified atom stereocenters. The average Bonchev–Trinajstić information content (AvgIpc) is 2.25. The number of hydrogen-bond acceptors (Lipinski definition) is 3. The lowest BCUT2D eigenvalue weighted by atomic mass is 10.2. The smallest absolute Gasteiger partial charge is 0.238 e. The summed E-state index contributed by atoms with van der Waals surface area (Å²) in [6, 6.07) is 5.45. The van der Waals surface area contributed by atoms with E-state index in [0.29, 0.717) is 24.7 Å². The van der Waals surface area contributed by atoms with Gasteiger partial charge in [0, 0.05) is 23.8 Å². The molecule has 1 rings (SSSR count). The number of amides is 1. The lowest BCUT2D eigenvalue weighted by Crippen LogP contribution is -2.33. The van der Waals surface area contributed by atoms with Gasteiger partial charge in [-0.15, -0.1) is 0 Å². The van der Waals surface area contributed by atoms with Gasteiger partial charge in [-0.3, -0.25) is 9.69 Å². The molecule has 4 nitrogen and oxygen atoms in total. The molecule has 94 valence electrons. The zero-order valence-electron chi connectivity index (χ0n) is 10.2. The molecule has 0 aliphatic heterocycles. The van der Waals surface area contributed by atoms with Crippen molar-refractivity contribution in [2.45, 2.75) is 6.92 Å². The average molecular weight is 256 g/mol. The minimum absolute atomic E-state index is 0.0636. The van der Waals surface area contributed by atoms with Gasteiger partial charge in [-0.2, -0.15) is 0 Å². The molecule has 0 aromatic heterocycles. The summed E-state index contributed by atoms with van der Waals surface area (Å²) in [6.07, 6.45) is 0. The minimum Gasteiger partial charge on any atom is -0.329 e. The molecule has 1 amide bonds. The van der Waals surface area contributed by atoms with Gasteiger partial charge in [-0.05, 0) is 31.7 Å². The van der Waals surface area contributed by atoms with Crippen LogP contribution in [-0.2, 0) is 4.79 Å². The van der Waals surface area contributed by atoms with E-state index in [4.69, 9.17) is 17.3 Å². The van der Waals surface area contributed by atoms with Crippen LogP contribution in [0.25, 0.3) is 0 Å². The summed E-state index contributed by atoms with van der Waals surface area (Å²) in [5.41, 5.74) is 7.04. The van der Waals surface area contributed by atoms with Gasteiger partial charge in [0.25, 0.3) is 0 Å². The van der Waals surface area contributed by atoms with Crippen molar-refractivity contribution < 1.29 is 4.79 Å². The molecule has 0 radical (unpaired) electrons. The van der Waals surface area contributed by atoms with Crippen molar-refractivity contribution in [3.8, 4) is 0 Å². The van der Waals surface area contributed by atoms with Gasteiger partial charge < -0.3 is 11.1 Å². The minimum atomic E-state index is -0.0636. The summed E-state index contributed by atoms with van der Waals surface area (Å²) < 4.78 is 0. The number of anilines is 1. The summed E-state index contributed by atoms with van der Waals surface area (Å²) >= 11 is 5.97. The highest BCUT2D eigenvalue weighted by Crippen LogP contribution is 2.22. The monoisotopic (exact) mass is 255 g/mol. The maximum Gasteiger partial charge on any atom is 0.238 e. The summed E-state index contributed by atoms with van der Waals surface area (Å²) in [5.74, 6) is -0.0636. The van der Waals surface area contributed by atoms with E-state index in [1.165, 1.54) is 0 Å². The molecule has 5 heteroatoms. The molecule has 0 aliphatic carbocycles. The quantitative estimate of drug-likeness (QED) is 0.838. The van der Waals surface area contributed by atoms with Crippen molar-refractivity contribution in [1.29, 1.82) is 0 Å². The molecular weight excluding hydrogens is 238 g/mol. The first-order valence-corrected chi connectivity index (χ1v) is 5.86. The van der Waals surface area contributed by atoms with Gasteiger partial charge in [0.15, 0.2) is 0 Å². The normalized spacial score (nSPS) is 10.6. The topological polar surface area (TPSA) is 58.4 Å². The first-order chi connectivity index (χ1) is 8.04. The Morgan fingerprint density at radius 2 is 2.24 bits per heavy atom. The Labute approximate surface area is 107 Å². The van der Waals surface area contributed by atoms with E-state index in [-0.39, 0.29) is 5.91 Å². The zero-order valence-corrected chi connectivity index (χ0v) is 10.9. The Balaban J connectivity index is 2.59. The number of carbonyl (C=O) groups excluding carboxylic acids is 1. The number of rotatable bonds is 5. The van der Waals surface area contributed by atoms with E-state index in [1.807, 2.05) is 31.0 Å². The second-order valence-corrected chi connectivity index (χ2v) is 4.39. The third-order valence-electron chi connectivity index (χ3n) is 2.47. The molecule has 3 N–H and O–H groups in total. The van der Waals surface area contributed by atoms with E-state index in [2.05, 4.69) is 5.32 Å². The summed E-state index contributed by atoms with van der Waals surface area (Å²) in [6.45, 7) is 3.44. The van der Waals surface area contributed by atoms with Gasteiger partial charge in [-0.1, -0.05) is 17.7 Å². The Morgan fingerprint density at radius 3 is 2.88 bits per heavy atom. The van der Waals surface area contributed by atoms with Gasteiger partial charge in [0.05, 0.1) is 6.54 Å². The van der Waals surface area contributed by atoms with Crippen LogP contribution in [0.15, 0.2) is 18.2 Å². The molecule has 0 aliphatic rings. The predicted molar refractivity (Wildman–Crippen MR) is 71.4 cm³/mol. The molecular formula is C12H18ClN3O. The molecule has 0 saturated carbocycles. The molecule has 1 aromatic carbocycles. The third kappa shape index (κ3) is 4.34. The number of halogens is 1. The van der Waals surface area contributed by atoms with Crippen molar-refractivity contribution in [1.82, 2.24) is 4.90 Å². The van der Waals surface area contributed by atoms with E-state index in [1.54, 1.807) is 6.07 Å². The van der Waals surface area contributed by atoms with Gasteiger partial charge >= 0.3 is 0 Å². The number of benzene rings is 1. The molecule has 0 saturated heterocycles. The highest BCUT2D eigenvalue weighted by atomic mass is 35.5. The molecule has 1 aromatic rings. The third-order valence-corrected chi connectivity index (χ3v) is 2.88. The van der Waals surface area contributed by atoms with Gasteiger partial charge in [-0.25, -0.2) is 0 Å². The summed E-state index contributed by atoms with van der Waals surface area (Å²) in [7, 11) is 1.86. The Bertz CT molecular complexity index is 395. The van der Waals surface area contributed by atoms with Gasteiger partial charge in [0.2, 0.25) is 5.91 Å². The Kier molecular flexibility index (Phi) is 5.41. The maximum atomic E-state index is 11.7. The van der Waals surface area contributed by atoms with Crippen molar-refractivity contribution in [2.75, 3.05) is 32.0 Å². The van der Waals surface area contributed by atoms with Crippen LogP contribution in [0.1, 0.15) is 5.56 Å². The van der Waals surface area contributed by atoms with Crippen molar-refractivity contribution >= 4 is 23.2 Å². The fraction of sp³-hybridized carbons (Fsp3) is 0.417. The highest BCUT2D eigenvalue weighted by molar-refractivity contribution is 6.31. The van der Waals surface area contributed by atoms with Crippen LogP contribution in [0.5, 0.6) is 0 Å². The molecule has 0 bridgehead atoms. The van der Waals surface area contributed by atoms with Crippen molar-refractivity contribution in [2.24, 2.45) is 5.73 Å². The molecule has 0 heterocycles. The van der Waals surface area contributed by atoms with Crippen LogP contribution >= 0.6 is 11.6 Å². The van der Waals surface area contributed by atoms with Crippen LogP contribution in [0.2, 0.25) is 5.02 Å². The Hall–Kier alpha value is -1.10. The molecule has 17 heavy (non-hydrogen) atoms. The summed E-state index contributed by atoms with van der Waals surface area (Å²) in [4.78, 5) is 13.6. The van der Waals surface area contributed by atoms with Crippen LogP contribution in [0, 0.1) is 6.92 Å². The second kappa shape index (κ2) is 6.59. The second-order valence-electron chi connectivity index (χ2n) is 3.99. The van der Waals surface area contributed by atoms with Crippen LogP contribution in [-0.4, -0.2) is 37.5 Å². The van der Waals surface area contributed by atoms with Crippen molar-refractivity contribution in [3.63, 3.8) is 0 Å². The standard InChI is InChI=1S/C12H18ClN3O/c1-9-10(13)4-3-5-11(9)15-12(17)8-16(2)7-6-14/h3-5H,6-8,14H2,1-2H3,(H,15,17). The largest absolute Gasteiger partial charge is 0.329 e. The number of carbonyl (C=O) groups is 1. The number of nitrogens with zero attached hydrogens (tertiary/aromatic N) is 1. The number of nitrogens with two attached hydrogens (primary N) is 1. The van der Waals surface area contributed by atoms with Crippen LogP contribution in [0.4, 0.5) is 5.69 Å². The predicted octanol–water partition coefficient (Wildman–Crippen LogP) is 1.48. The Morgan fingerprint density at radius 1 is 1.53 bits per heavy atom. The lowest BCUT2D eigenvalue weighted by Gasteiger charge is -2.15. The number of hydrogen-bond donors (Lipinski definition) is 2. The number of likely N-dealkylation sites (N-methyl/N-ethyl adjacent to an activating group) is 1. The SMILES string of the molecule is Cc1c(Cl)cccc1NC(=O)CN(C)CCN. The first kappa shape index (κ1) is 14.0. The molecule has 0 atom stereocenters. The first-order valence-electron chi connectivity index (χ1n) is 5.48. The van der Waals surface area contributed by atoms with E-state index in [9.17, 15) is 4.79 Å². The fourth-order valence-corrected chi connectivity index (χ4v) is 1.65. The van der Waals surface area contributed by atoms with E-state index in [0.717, 1.165) is 11.3 Å². The van der Waals surface area contributed by atoms with E-state index >= 15 is 0 Å². The lowest BCUT2D eigenvalue weighted by molar-refractivity contribution is -0.117. The highest BCUT2D eigenvalue weighted by Gasteiger charge is 2.08. The van der Waals surface area contributed by atoms with Crippen molar-refractivity contribution in [3.05, 3.63) is 28.8 Å². The maximum absolute atomic E-state index is 11.7. The number of nitrogens with one attached hydrogen (secondary N) is 1. The molecule has 0 spiro atoms. The van der Waals surface area contributed by atoms with Gasteiger partial charge in [0.1, 0.15) is 0 Å².